The summed E-state index contributed by atoms with van der Waals surface area (Å²) in [6.45, 7) is 2.65. The number of halogens is 2. The summed E-state index contributed by atoms with van der Waals surface area (Å²) < 4.78 is 0. The van der Waals surface area contributed by atoms with Crippen molar-refractivity contribution in [2.75, 3.05) is 19.6 Å². The molecule has 0 aromatic rings. The third kappa shape index (κ3) is 3.64. The van der Waals surface area contributed by atoms with Gasteiger partial charge in [0.1, 0.15) is 0 Å². The second kappa shape index (κ2) is 7.70. The van der Waals surface area contributed by atoms with Crippen LogP contribution in [0.2, 0.25) is 0 Å². The molecule has 0 amide bonds. The Hall–Kier alpha value is 0.0600. The molecule has 2 nitrogen and oxygen atoms in total. The van der Waals surface area contributed by atoms with E-state index >= 15 is 0 Å². The van der Waals surface area contributed by atoms with Crippen LogP contribution in [-0.4, -0.2) is 30.6 Å². The number of rotatable bonds is 2. The van der Waals surface area contributed by atoms with Crippen LogP contribution < -0.4 is 5.73 Å². The molecule has 1 rings (SSSR count). The fourth-order valence-corrected chi connectivity index (χ4v) is 1.49. The maximum Gasteiger partial charge on any atom is 0.0601 e. The summed E-state index contributed by atoms with van der Waals surface area (Å²) in [7, 11) is 0. The van der Waals surface area contributed by atoms with E-state index in [2.05, 4.69) is 10.8 Å². The largest absolute Gasteiger partial charge is 0.329 e. The molecule has 0 aromatic heterocycles. The second-order valence-electron chi connectivity index (χ2n) is 2.71. The molecule has 0 aromatic carbocycles. The van der Waals surface area contributed by atoms with Crippen LogP contribution in [0.5, 0.6) is 0 Å². The Bertz CT molecular complexity index is 144. The zero-order valence-corrected chi connectivity index (χ0v) is 8.66. The van der Waals surface area contributed by atoms with Gasteiger partial charge >= 0.3 is 0 Å². The van der Waals surface area contributed by atoms with E-state index in [0.717, 1.165) is 19.6 Å². The van der Waals surface area contributed by atoms with Gasteiger partial charge in [-0.05, 0) is 19.4 Å². The topological polar surface area (TPSA) is 29.3 Å². The lowest BCUT2D eigenvalue weighted by molar-refractivity contribution is 0.290. The first-order chi connectivity index (χ1) is 4.88. The van der Waals surface area contributed by atoms with E-state index < -0.39 is 0 Å². The molecule has 1 heterocycles. The van der Waals surface area contributed by atoms with Crippen LogP contribution in [0.15, 0.2) is 0 Å². The van der Waals surface area contributed by atoms with Gasteiger partial charge in [-0.15, -0.1) is 31.2 Å². The normalized spacial score (nSPS) is 22.2. The van der Waals surface area contributed by atoms with Gasteiger partial charge in [0.15, 0.2) is 0 Å². The van der Waals surface area contributed by atoms with E-state index in [1.165, 1.54) is 12.8 Å². The molecule has 1 fully saturated rings. The first-order valence-corrected chi connectivity index (χ1v) is 3.76. The van der Waals surface area contributed by atoms with Crippen LogP contribution in [0.1, 0.15) is 12.8 Å². The molecule has 1 aliphatic heterocycles. The summed E-state index contributed by atoms with van der Waals surface area (Å²) >= 11 is 0. The van der Waals surface area contributed by atoms with Gasteiger partial charge < -0.3 is 5.73 Å². The summed E-state index contributed by atoms with van der Waals surface area (Å²) in [4.78, 5) is 2.28. The predicted molar refractivity (Wildman–Crippen MR) is 57.0 cm³/mol. The highest BCUT2D eigenvalue weighted by Gasteiger charge is 2.21. The Kier molecular flexibility index (Phi) is 9.35. The van der Waals surface area contributed by atoms with Crippen LogP contribution in [0.4, 0.5) is 0 Å². The Morgan fingerprint density at radius 3 is 2.67 bits per heavy atom. The molecule has 12 heavy (non-hydrogen) atoms. The zero-order valence-electron chi connectivity index (χ0n) is 7.03. The van der Waals surface area contributed by atoms with Gasteiger partial charge in [0.05, 0.1) is 6.54 Å². The van der Waals surface area contributed by atoms with Gasteiger partial charge in [0, 0.05) is 12.6 Å². The molecule has 0 aliphatic carbocycles. The van der Waals surface area contributed by atoms with Crippen LogP contribution in [0.3, 0.4) is 0 Å². The quantitative estimate of drug-likeness (QED) is 0.687. The van der Waals surface area contributed by atoms with Crippen LogP contribution in [0, 0.1) is 12.3 Å². The lowest BCUT2D eigenvalue weighted by atomic mass is 10.2. The van der Waals surface area contributed by atoms with Crippen molar-refractivity contribution in [3.05, 3.63) is 0 Å². The van der Waals surface area contributed by atoms with E-state index in [9.17, 15) is 0 Å². The Morgan fingerprint density at radius 2 is 2.17 bits per heavy atom. The molecule has 0 spiro atoms. The van der Waals surface area contributed by atoms with Crippen molar-refractivity contribution in [1.29, 1.82) is 0 Å². The highest BCUT2D eigenvalue weighted by Crippen LogP contribution is 2.14. The molecule has 0 saturated carbocycles. The van der Waals surface area contributed by atoms with Crippen molar-refractivity contribution < 1.29 is 0 Å². The summed E-state index contributed by atoms with van der Waals surface area (Å²) in [5.41, 5.74) is 5.54. The molecule has 1 atom stereocenters. The van der Waals surface area contributed by atoms with Crippen molar-refractivity contribution >= 4 is 24.8 Å². The molecule has 1 aliphatic rings. The third-order valence-corrected chi connectivity index (χ3v) is 2.07. The van der Waals surface area contributed by atoms with E-state index in [1.54, 1.807) is 0 Å². The minimum Gasteiger partial charge on any atom is -0.329 e. The second-order valence-corrected chi connectivity index (χ2v) is 2.71. The molecule has 0 bridgehead atoms. The van der Waals surface area contributed by atoms with Gasteiger partial charge in [0.25, 0.3) is 0 Å². The fourth-order valence-electron chi connectivity index (χ4n) is 1.49. The summed E-state index contributed by atoms with van der Waals surface area (Å²) in [6, 6.07) is 0.552. The van der Waals surface area contributed by atoms with E-state index in [4.69, 9.17) is 12.2 Å². The molecule has 2 N–H and O–H groups in total. The van der Waals surface area contributed by atoms with E-state index in [-0.39, 0.29) is 24.8 Å². The van der Waals surface area contributed by atoms with Gasteiger partial charge in [-0.2, -0.15) is 0 Å². The molecular weight excluding hydrogens is 195 g/mol. The lowest BCUT2D eigenvalue weighted by Crippen LogP contribution is -2.35. The Balaban J connectivity index is 0. The maximum absolute atomic E-state index is 5.54. The first-order valence-electron chi connectivity index (χ1n) is 3.76. The molecule has 0 unspecified atom stereocenters. The fraction of sp³-hybridized carbons (Fsp3) is 0.750. The van der Waals surface area contributed by atoms with Crippen molar-refractivity contribution in [1.82, 2.24) is 4.90 Å². The zero-order chi connectivity index (χ0) is 7.40. The van der Waals surface area contributed by atoms with Crippen molar-refractivity contribution in [3.8, 4) is 12.3 Å². The average molecular weight is 211 g/mol. The molecular formula is C8H16Cl2N2. The summed E-state index contributed by atoms with van der Waals surface area (Å²) in [5.74, 6) is 2.64. The van der Waals surface area contributed by atoms with Crippen molar-refractivity contribution in [2.45, 2.75) is 18.9 Å². The van der Waals surface area contributed by atoms with Crippen LogP contribution in [-0.2, 0) is 0 Å². The maximum atomic E-state index is 5.54. The molecule has 1 saturated heterocycles. The smallest absolute Gasteiger partial charge is 0.0601 e. The van der Waals surface area contributed by atoms with Gasteiger partial charge in [-0.25, -0.2) is 0 Å². The van der Waals surface area contributed by atoms with Gasteiger partial charge in [-0.1, -0.05) is 5.92 Å². The molecule has 0 radical (unpaired) electrons. The average Bonchev–Trinajstić information content (AvgIpc) is 2.36. The Morgan fingerprint density at radius 1 is 1.50 bits per heavy atom. The number of nitrogens with zero attached hydrogens (tertiary/aromatic N) is 1. The number of nitrogens with two attached hydrogens (primary N) is 1. The molecule has 72 valence electrons. The van der Waals surface area contributed by atoms with Crippen LogP contribution >= 0.6 is 24.8 Å². The monoisotopic (exact) mass is 210 g/mol. The van der Waals surface area contributed by atoms with Gasteiger partial charge in [-0.3, -0.25) is 4.90 Å². The standard InChI is InChI=1S/C8H14N2.2ClH/c1-2-5-10-6-3-4-8(10)7-9;;/h1,8H,3-7,9H2;2*1H/t8-;;/m0../s1. The lowest BCUT2D eigenvalue weighted by Gasteiger charge is -2.19. The number of likely N-dealkylation sites (tertiary alicyclic amines) is 1. The van der Waals surface area contributed by atoms with E-state index in [0.29, 0.717) is 6.04 Å². The minimum atomic E-state index is 0. The highest BCUT2D eigenvalue weighted by molar-refractivity contribution is 5.85. The Labute approximate surface area is 86.7 Å². The third-order valence-electron chi connectivity index (χ3n) is 2.07. The number of hydrogen-bond acceptors (Lipinski definition) is 2. The van der Waals surface area contributed by atoms with Crippen molar-refractivity contribution in [2.24, 2.45) is 5.73 Å². The van der Waals surface area contributed by atoms with Gasteiger partial charge in [0.2, 0.25) is 0 Å². The van der Waals surface area contributed by atoms with Crippen LogP contribution in [0.25, 0.3) is 0 Å². The van der Waals surface area contributed by atoms with Crippen molar-refractivity contribution in [3.63, 3.8) is 0 Å². The predicted octanol–water partition coefficient (Wildman–Crippen LogP) is 0.886. The molecule has 4 heteroatoms. The summed E-state index contributed by atoms with van der Waals surface area (Å²) in [5, 5.41) is 0. The number of hydrogen-bond donors (Lipinski definition) is 1. The highest BCUT2D eigenvalue weighted by atomic mass is 35.5. The summed E-state index contributed by atoms with van der Waals surface area (Å²) in [6.07, 6.45) is 7.67. The van der Waals surface area contributed by atoms with E-state index in [1.807, 2.05) is 0 Å². The first kappa shape index (κ1) is 14.6. The SMILES string of the molecule is C#CCN1CCC[C@H]1CN.Cl.Cl. The number of terminal acetylenes is 1. The minimum absolute atomic E-state index is 0.